The first-order valence-corrected chi connectivity index (χ1v) is 5.43. The number of ether oxygens (including phenoxy) is 1. The molecule has 1 heterocycles. The van der Waals surface area contributed by atoms with Gasteiger partial charge in [0.1, 0.15) is 11.6 Å². The Balaban J connectivity index is 2.23. The zero-order valence-corrected chi connectivity index (χ0v) is 10.2. The Bertz CT molecular complexity index is 507. The minimum Gasteiger partial charge on any atom is -0.423 e. The quantitative estimate of drug-likeness (QED) is 0.846. The molecule has 0 saturated heterocycles. The lowest BCUT2D eigenvalue weighted by atomic mass is 10.3. The molecule has 2 rings (SSSR count). The summed E-state index contributed by atoms with van der Waals surface area (Å²) in [6.07, 6.45) is 3.08. The predicted octanol–water partition coefficient (Wildman–Crippen LogP) is 3.82. The van der Waals surface area contributed by atoms with Gasteiger partial charge in [-0.25, -0.2) is 14.4 Å². The largest absolute Gasteiger partial charge is 0.423 e. The summed E-state index contributed by atoms with van der Waals surface area (Å²) >= 11 is 8.98. The molecule has 6 heteroatoms. The van der Waals surface area contributed by atoms with E-state index in [4.69, 9.17) is 16.3 Å². The average Bonchev–Trinajstić information content (AvgIpc) is 2.25. The van der Waals surface area contributed by atoms with Gasteiger partial charge >= 0.3 is 6.01 Å². The topological polar surface area (TPSA) is 35.0 Å². The first-order chi connectivity index (χ1) is 7.65. The third-order valence-electron chi connectivity index (χ3n) is 1.69. The van der Waals surface area contributed by atoms with Crippen molar-refractivity contribution in [3.63, 3.8) is 0 Å². The van der Waals surface area contributed by atoms with Crippen LogP contribution in [0.2, 0.25) is 5.02 Å². The fraction of sp³-hybridized carbons (Fsp3) is 0. The lowest BCUT2D eigenvalue weighted by molar-refractivity contribution is 0.440. The molecule has 82 valence electrons. The van der Waals surface area contributed by atoms with Gasteiger partial charge in [0.15, 0.2) is 0 Å². The summed E-state index contributed by atoms with van der Waals surface area (Å²) < 4.78 is 18.8. The number of halogens is 3. The summed E-state index contributed by atoms with van der Waals surface area (Å²) in [5, 5.41) is 0.173. The summed E-state index contributed by atoms with van der Waals surface area (Å²) in [4.78, 5) is 7.81. The summed E-state index contributed by atoms with van der Waals surface area (Å²) in [6, 6.07) is 3.98. The summed E-state index contributed by atoms with van der Waals surface area (Å²) in [5.74, 6) is -0.112. The van der Waals surface area contributed by atoms with Crippen molar-refractivity contribution < 1.29 is 9.13 Å². The van der Waals surface area contributed by atoms with Gasteiger partial charge in [0.05, 0.1) is 9.50 Å². The molecule has 0 fully saturated rings. The SMILES string of the molecule is Fc1ccc(Oc2ncc(Br)cn2)c(Cl)c1. The molecule has 3 nitrogen and oxygen atoms in total. The van der Waals surface area contributed by atoms with Crippen molar-refractivity contribution >= 4 is 27.5 Å². The predicted molar refractivity (Wildman–Crippen MR) is 61.2 cm³/mol. The maximum absolute atomic E-state index is 12.8. The van der Waals surface area contributed by atoms with Crippen LogP contribution in [0, 0.1) is 5.82 Å². The van der Waals surface area contributed by atoms with Crippen molar-refractivity contribution in [2.24, 2.45) is 0 Å². The molecule has 0 aliphatic heterocycles. The molecule has 0 bridgehead atoms. The molecule has 0 N–H and O–H groups in total. The number of aromatic nitrogens is 2. The molecule has 0 unspecified atom stereocenters. The number of nitrogens with zero attached hydrogens (tertiary/aromatic N) is 2. The highest BCUT2D eigenvalue weighted by Crippen LogP contribution is 2.28. The third kappa shape index (κ3) is 2.68. The highest BCUT2D eigenvalue weighted by atomic mass is 79.9. The summed E-state index contributed by atoms with van der Waals surface area (Å²) in [7, 11) is 0. The molecule has 0 radical (unpaired) electrons. The molecule has 0 atom stereocenters. The number of hydrogen-bond acceptors (Lipinski definition) is 3. The van der Waals surface area contributed by atoms with E-state index >= 15 is 0 Å². The molecular formula is C10H5BrClFN2O. The van der Waals surface area contributed by atoms with Crippen LogP contribution < -0.4 is 4.74 Å². The highest BCUT2D eigenvalue weighted by molar-refractivity contribution is 9.10. The number of hydrogen-bond donors (Lipinski definition) is 0. The zero-order chi connectivity index (χ0) is 11.5. The van der Waals surface area contributed by atoms with Gasteiger partial charge in [-0.3, -0.25) is 0 Å². The summed E-state index contributed by atoms with van der Waals surface area (Å²) in [5.41, 5.74) is 0. The minimum atomic E-state index is -0.422. The van der Waals surface area contributed by atoms with Gasteiger partial charge in [0, 0.05) is 12.4 Å². The van der Waals surface area contributed by atoms with Crippen molar-refractivity contribution in [3.8, 4) is 11.8 Å². The van der Waals surface area contributed by atoms with Crippen LogP contribution in [0.15, 0.2) is 35.1 Å². The minimum absolute atomic E-state index is 0.150. The molecule has 0 aliphatic carbocycles. The normalized spacial score (nSPS) is 10.2. The fourth-order valence-electron chi connectivity index (χ4n) is 1.01. The van der Waals surface area contributed by atoms with Crippen LogP contribution in [-0.2, 0) is 0 Å². The molecule has 1 aromatic carbocycles. The highest BCUT2D eigenvalue weighted by Gasteiger charge is 2.06. The average molecular weight is 304 g/mol. The van der Waals surface area contributed by atoms with Gasteiger partial charge in [-0.1, -0.05) is 11.6 Å². The zero-order valence-electron chi connectivity index (χ0n) is 7.82. The van der Waals surface area contributed by atoms with Crippen LogP contribution >= 0.6 is 27.5 Å². The first-order valence-electron chi connectivity index (χ1n) is 4.25. The van der Waals surface area contributed by atoms with E-state index in [-0.39, 0.29) is 11.0 Å². The van der Waals surface area contributed by atoms with Crippen LogP contribution in [-0.4, -0.2) is 9.97 Å². The Kier molecular flexibility index (Phi) is 3.36. The van der Waals surface area contributed by atoms with Gasteiger partial charge in [-0.15, -0.1) is 0 Å². The van der Waals surface area contributed by atoms with E-state index in [1.165, 1.54) is 12.1 Å². The van der Waals surface area contributed by atoms with E-state index in [0.29, 0.717) is 5.75 Å². The van der Waals surface area contributed by atoms with Crippen molar-refractivity contribution in [1.82, 2.24) is 9.97 Å². The van der Waals surface area contributed by atoms with Crippen LogP contribution in [0.1, 0.15) is 0 Å². The molecule has 2 aromatic rings. The monoisotopic (exact) mass is 302 g/mol. The standard InChI is InChI=1S/C10H5BrClFN2O/c11-6-4-14-10(15-5-6)16-9-2-1-7(13)3-8(9)12/h1-5H. The van der Waals surface area contributed by atoms with Gasteiger partial charge < -0.3 is 4.74 Å². The molecule has 0 saturated carbocycles. The van der Waals surface area contributed by atoms with Gasteiger partial charge in [0.25, 0.3) is 0 Å². The van der Waals surface area contributed by atoms with Crippen LogP contribution in [0.5, 0.6) is 11.8 Å². The second-order valence-electron chi connectivity index (χ2n) is 2.86. The Morgan fingerprint density at radius 1 is 1.25 bits per heavy atom. The van der Waals surface area contributed by atoms with E-state index in [0.717, 1.165) is 10.5 Å². The van der Waals surface area contributed by atoms with E-state index in [2.05, 4.69) is 25.9 Å². The fourth-order valence-corrected chi connectivity index (χ4v) is 1.42. The van der Waals surface area contributed by atoms with Crippen LogP contribution in [0.3, 0.4) is 0 Å². The lowest BCUT2D eigenvalue weighted by Gasteiger charge is -2.04. The Morgan fingerprint density at radius 3 is 2.56 bits per heavy atom. The number of rotatable bonds is 2. The number of benzene rings is 1. The molecular weight excluding hydrogens is 298 g/mol. The van der Waals surface area contributed by atoms with E-state index in [9.17, 15) is 4.39 Å². The molecule has 1 aromatic heterocycles. The smallest absolute Gasteiger partial charge is 0.321 e. The van der Waals surface area contributed by atoms with Crippen molar-refractivity contribution in [3.05, 3.63) is 45.9 Å². The van der Waals surface area contributed by atoms with E-state index < -0.39 is 5.82 Å². The second kappa shape index (κ2) is 4.76. The van der Waals surface area contributed by atoms with Crippen LogP contribution in [0.4, 0.5) is 4.39 Å². The summed E-state index contributed by atoms with van der Waals surface area (Å²) in [6.45, 7) is 0. The Morgan fingerprint density at radius 2 is 1.94 bits per heavy atom. The van der Waals surface area contributed by atoms with Crippen molar-refractivity contribution in [1.29, 1.82) is 0 Å². The molecule has 0 spiro atoms. The Hall–Kier alpha value is -1.20. The molecule has 0 aliphatic rings. The lowest BCUT2D eigenvalue weighted by Crippen LogP contribution is -1.91. The molecule has 16 heavy (non-hydrogen) atoms. The van der Waals surface area contributed by atoms with Crippen LogP contribution in [0.25, 0.3) is 0 Å². The van der Waals surface area contributed by atoms with Gasteiger partial charge in [0.2, 0.25) is 0 Å². The van der Waals surface area contributed by atoms with Gasteiger partial charge in [-0.2, -0.15) is 0 Å². The third-order valence-corrected chi connectivity index (χ3v) is 2.40. The maximum Gasteiger partial charge on any atom is 0.321 e. The van der Waals surface area contributed by atoms with E-state index in [1.54, 1.807) is 12.4 Å². The second-order valence-corrected chi connectivity index (χ2v) is 4.18. The van der Waals surface area contributed by atoms with E-state index in [1.807, 2.05) is 0 Å². The van der Waals surface area contributed by atoms with Crippen molar-refractivity contribution in [2.75, 3.05) is 0 Å². The maximum atomic E-state index is 12.8. The Labute approximate surface area is 104 Å². The van der Waals surface area contributed by atoms with Gasteiger partial charge in [-0.05, 0) is 34.1 Å². The first kappa shape index (κ1) is 11.3. The molecule has 0 amide bonds. The van der Waals surface area contributed by atoms with Crippen molar-refractivity contribution in [2.45, 2.75) is 0 Å².